The van der Waals surface area contributed by atoms with Crippen molar-refractivity contribution in [2.24, 2.45) is 5.92 Å². The van der Waals surface area contributed by atoms with Crippen LogP contribution in [-0.4, -0.2) is 0 Å². The third-order valence-corrected chi connectivity index (χ3v) is 1.58. The lowest BCUT2D eigenvalue weighted by Gasteiger charge is -1.69. The fraction of sp³-hybridized carbons (Fsp3) is 0.500. The Morgan fingerprint density at radius 1 is 2.00 bits per heavy atom. The lowest BCUT2D eigenvalue weighted by molar-refractivity contribution is 1.08. The number of rotatable bonds is 0. The number of hydrogen-bond acceptors (Lipinski definition) is 0. The second-order valence-electron chi connectivity index (χ2n) is 1.46. The Balaban J connectivity index is 2.38. The molecule has 28 valence electrons. The number of hydrogen-bond donors (Lipinski definition) is 0. The van der Waals surface area contributed by atoms with Crippen LogP contribution in [0.4, 0.5) is 0 Å². The first kappa shape index (κ1) is 3.36. The van der Waals surface area contributed by atoms with Crippen molar-refractivity contribution in [2.75, 3.05) is 0 Å². The lowest BCUT2D eigenvalue weighted by atomic mass is 10.5. The first-order valence-electron chi connectivity index (χ1n) is 1.78. The molecule has 1 aliphatic carbocycles. The van der Waals surface area contributed by atoms with E-state index in [9.17, 15) is 0 Å². The van der Waals surface area contributed by atoms with Crippen LogP contribution in [0.5, 0.6) is 0 Å². The molecule has 0 radical (unpaired) electrons. The molecule has 1 rings (SSSR count). The molecule has 0 heterocycles. The van der Waals surface area contributed by atoms with E-state index in [1.807, 2.05) is 0 Å². The van der Waals surface area contributed by atoms with Crippen molar-refractivity contribution >= 4 is 9.24 Å². The molecule has 5 heavy (non-hydrogen) atoms. The Bertz CT molecular complexity index is 73.7. The first-order valence-corrected chi connectivity index (χ1v) is 2.35. The molecule has 0 nitrogen and oxygen atoms in total. The van der Waals surface area contributed by atoms with Crippen molar-refractivity contribution in [1.29, 1.82) is 0 Å². The molecule has 0 saturated carbocycles. The molecule has 0 saturated heterocycles. The quantitative estimate of drug-likeness (QED) is 0.391. The maximum absolute atomic E-state index is 2.67. The van der Waals surface area contributed by atoms with Crippen LogP contribution in [0.3, 0.4) is 0 Å². The minimum Gasteiger partial charge on any atom is -0.110 e. The third kappa shape index (κ3) is 0.516. The van der Waals surface area contributed by atoms with Crippen molar-refractivity contribution in [3.05, 3.63) is 11.4 Å². The van der Waals surface area contributed by atoms with E-state index in [-0.39, 0.29) is 0 Å². The molecule has 0 aromatic carbocycles. The van der Waals surface area contributed by atoms with E-state index >= 15 is 0 Å². The van der Waals surface area contributed by atoms with Crippen LogP contribution in [0, 0.1) is 5.92 Å². The summed E-state index contributed by atoms with van der Waals surface area (Å²) in [5.41, 5.74) is 0. The predicted octanol–water partition coefficient (Wildman–Crippen LogP) is 1.40. The van der Waals surface area contributed by atoms with Crippen molar-refractivity contribution in [3.63, 3.8) is 0 Å². The first-order chi connectivity index (χ1) is 2.30. The molecule has 1 aliphatic rings. The standard InChI is InChI=1S/C4H7P/c1-3-2-4(3)5/h2-3H,5H2,1H3. The van der Waals surface area contributed by atoms with E-state index in [4.69, 9.17) is 0 Å². The van der Waals surface area contributed by atoms with Gasteiger partial charge in [-0.3, -0.25) is 0 Å². The highest BCUT2D eigenvalue weighted by atomic mass is 31.0. The van der Waals surface area contributed by atoms with Gasteiger partial charge in [-0.1, -0.05) is 13.0 Å². The summed E-state index contributed by atoms with van der Waals surface area (Å²) in [7, 11) is 2.67. The van der Waals surface area contributed by atoms with Gasteiger partial charge >= 0.3 is 0 Å². The van der Waals surface area contributed by atoms with Crippen molar-refractivity contribution in [2.45, 2.75) is 6.92 Å². The SMILES string of the molecule is CC1C=C1P. The van der Waals surface area contributed by atoms with Crippen LogP contribution in [-0.2, 0) is 0 Å². The van der Waals surface area contributed by atoms with E-state index in [2.05, 4.69) is 22.2 Å². The molecule has 0 N–H and O–H groups in total. The molecule has 0 fully saturated rings. The van der Waals surface area contributed by atoms with Gasteiger partial charge in [-0.2, -0.15) is 0 Å². The van der Waals surface area contributed by atoms with Crippen LogP contribution in [0.25, 0.3) is 0 Å². The fourth-order valence-corrected chi connectivity index (χ4v) is 0.529. The van der Waals surface area contributed by atoms with E-state index in [1.165, 1.54) is 5.31 Å². The molecule has 0 spiro atoms. The molecular weight excluding hydrogens is 79.0 g/mol. The van der Waals surface area contributed by atoms with Gasteiger partial charge in [0.2, 0.25) is 0 Å². The molecule has 0 aromatic heterocycles. The lowest BCUT2D eigenvalue weighted by Crippen LogP contribution is -1.53. The molecule has 0 aromatic rings. The second-order valence-corrected chi connectivity index (χ2v) is 2.12. The molecule has 0 aliphatic heterocycles. The van der Waals surface area contributed by atoms with E-state index in [0.29, 0.717) is 0 Å². The summed E-state index contributed by atoms with van der Waals surface area (Å²) >= 11 is 0. The van der Waals surface area contributed by atoms with Crippen molar-refractivity contribution in [3.8, 4) is 0 Å². The summed E-state index contributed by atoms with van der Waals surface area (Å²) in [6, 6.07) is 0. The van der Waals surface area contributed by atoms with Crippen LogP contribution < -0.4 is 0 Å². The molecule has 0 amide bonds. The Hall–Kier alpha value is 0.170. The molecule has 0 bridgehead atoms. The monoisotopic (exact) mass is 86.0 g/mol. The zero-order valence-electron chi connectivity index (χ0n) is 3.23. The Labute approximate surface area is 34.5 Å². The summed E-state index contributed by atoms with van der Waals surface area (Å²) in [6.07, 6.45) is 2.21. The van der Waals surface area contributed by atoms with Gasteiger partial charge in [0.15, 0.2) is 0 Å². The van der Waals surface area contributed by atoms with E-state index in [0.717, 1.165) is 5.92 Å². The molecule has 1 heteroatoms. The summed E-state index contributed by atoms with van der Waals surface area (Å²) in [4.78, 5) is 0. The highest BCUT2D eigenvalue weighted by Crippen LogP contribution is 2.32. The van der Waals surface area contributed by atoms with Crippen LogP contribution in [0.1, 0.15) is 6.92 Å². The minimum atomic E-state index is 0.806. The van der Waals surface area contributed by atoms with Gasteiger partial charge < -0.3 is 0 Å². The van der Waals surface area contributed by atoms with Gasteiger partial charge in [0.05, 0.1) is 0 Å². The largest absolute Gasteiger partial charge is 0.110 e. The van der Waals surface area contributed by atoms with Gasteiger partial charge in [-0.25, -0.2) is 0 Å². The van der Waals surface area contributed by atoms with Crippen molar-refractivity contribution < 1.29 is 0 Å². The molecular formula is C4H7P. The fourth-order valence-electron chi connectivity index (χ4n) is 0.241. The van der Waals surface area contributed by atoms with Crippen LogP contribution >= 0.6 is 9.24 Å². The minimum absolute atomic E-state index is 0.806. The number of allylic oxidation sites excluding steroid dienone is 2. The van der Waals surface area contributed by atoms with Gasteiger partial charge in [-0.15, -0.1) is 9.24 Å². The topological polar surface area (TPSA) is 0 Å². The van der Waals surface area contributed by atoms with E-state index < -0.39 is 0 Å². The summed E-state index contributed by atoms with van der Waals surface area (Å²) in [5.74, 6) is 0.806. The Morgan fingerprint density at radius 3 is 2.20 bits per heavy atom. The van der Waals surface area contributed by atoms with Crippen LogP contribution in [0.15, 0.2) is 11.4 Å². The van der Waals surface area contributed by atoms with Crippen LogP contribution in [0.2, 0.25) is 0 Å². The summed E-state index contributed by atoms with van der Waals surface area (Å²) in [5, 5.41) is 1.46. The Morgan fingerprint density at radius 2 is 2.20 bits per heavy atom. The second kappa shape index (κ2) is 0.815. The highest BCUT2D eigenvalue weighted by Gasteiger charge is 2.11. The van der Waals surface area contributed by atoms with E-state index in [1.54, 1.807) is 0 Å². The third-order valence-electron chi connectivity index (χ3n) is 0.859. The average Bonchev–Trinajstić information content (AvgIpc) is 1.79. The maximum Gasteiger partial charge on any atom is -0.000791 e. The zero-order chi connectivity index (χ0) is 3.86. The molecule has 2 atom stereocenters. The Kier molecular flexibility index (Phi) is 0.548. The van der Waals surface area contributed by atoms with Gasteiger partial charge in [0.25, 0.3) is 0 Å². The van der Waals surface area contributed by atoms with Gasteiger partial charge in [-0.05, 0) is 11.2 Å². The summed E-state index contributed by atoms with van der Waals surface area (Å²) in [6.45, 7) is 2.18. The highest BCUT2D eigenvalue weighted by molar-refractivity contribution is 7.23. The predicted molar refractivity (Wildman–Crippen MR) is 27.0 cm³/mol. The van der Waals surface area contributed by atoms with Gasteiger partial charge in [0, 0.05) is 0 Å². The van der Waals surface area contributed by atoms with Gasteiger partial charge in [0.1, 0.15) is 0 Å². The average molecular weight is 86.1 g/mol. The zero-order valence-corrected chi connectivity index (χ0v) is 4.39. The maximum atomic E-state index is 2.67. The van der Waals surface area contributed by atoms with Crippen molar-refractivity contribution in [1.82, 2.24) is 0 Å². The normalized spacial score (nSPS) is 33.2. The molecule has 2 unspecified atom stereocenters. The summed E-state index contributed by atoms with van der Waals surface area (Å²) < 4.78 is 0. The smallest absolute Gasteiger partial charge is 0.000791 e.